The number of ether oxygens (including phenoxy) is 1. The van der Waals surface area contributed by atoms with Crippen molar-refractivity contribution in [3.8, 4) is 0 Å². The number of halogens is 1. The largest absolute Gasteiger partial charge is 0.475 e. The van der Waals surface area contributed by atoms with Crippen molar-refractivity contribution in [2.75, 3.05) is 6.61 Å². The normalized spacial score (nSPS) is 19.3. The molecule has 1 aliphatic rings. The van der Waals surface area contributed by atoms with E-state index in [1.165, 1.54) is 0 Å². The summed E-state index contributed by atoms with van der Waals surface area (Å²) in [5.74, 6) is 0.620. The van der Waals surface area contributed by atoms with E-state index < -0.39 is 6.10 Å². The van der Waals surface area contributed by atoms with Crippen LogP contribution in [0.4, 0.5) is 0 Å². The van der Waals surface area contributed by atoms with Gasteiger partial charge < -0.3 is 9.84 Å². The Balaban J connectivity index is 1.83. The number of benzene rings is 2. The van der Waals surface area contributed by atoms with E-state index in [4.69, 9.17) is 4.74 Å². The molecule has 1 N–H and O–H groups in total. The third-order valence-electron chi connectivity index (χ3n) is 3.28. The molecule has 3 rings (SSSR count). The predicted octanol–water partition coefficient (Wildman–Crippen LogP) is 3.17. The van der Waals surface area contributed by atoms with Gasteiger partial charge in [-0.2, -0.15) is 0 Å². The Bertz CT molecular complexity index is 627. The smallest absolute Gasteiger partial charge is 0.217 e. The maximum atomic E-state index is 10.4. The molecule has 0 saturated carbocycles. The van der Waals surface area contributed by atoms with Crippen LogP contribution in [-0.4, -0.2) is 23.7 Å². The van der Waals surface area contributed by atoms with Gasteiger partial charge in [0.15, 0.2) is 0 Å². The van der Waals surface area contributed by atoms with Crippen LogP contribution in [0.1, 0.15) is 17.2 Å². The van der Waals surface area contributed by atoms with Gasteiger partial charge in [-0.3, -0.25) is 0 Å². The molecule has 2 aromatic carbocycles. The molecule has 0 spiro atoms. The van der Waals surface area contributed by atoms with Crippen LogP contribution in [0.25, 0.3) is 0 Å². The van der Waals surface area contributed by atoms with Crippen LogP contribution in [0.5, 0.6) is 0 Å². The number of aliphatic hydroxyl groups is 1. The van der Waals surface area contributed by atoms with E-state index >= 15 is 0 Å². The van der Waals surface area contributed by atoms with Gasteiger partial charge >= 0.3 is 0 Å². The minimum Gasteiger partial charge on any atom is -0.475 e. The Morgan fingerprint density at radius 2 is 1.80 bits per heavy atom. The second kappa shape index (κ2) is 5.93. The standard InChI is InChI=1S/C16H14INO2/c17-13-9-5-4-8-12(13)16-18-14(10-20-16)15(19)11-6-2-1-3-7-11/h1-9,14-15,19H,10H2/t14-,15-/m1/s1. The summed E-state index contributed by atoms with van der Waals surface area (Å²) in [7, 11) is 0. The third-order valence-corrected chi connectivity index (χ3v) is 4.22. The van der Waals surface area contributed by atoms with Gasteiger partial charge in [0.05, 0.1) is 0 Å². The second-order valence-corrected chi connectivity index (χ2v) is 5.81. The fraction of sp³-hybridized carbons (Fsp3) is 0.188. The van der Waals surface area contributed by atoms with Gasteiger partial charge in [0.25, 0.3) is 0 Å². The molecule has 0 saturated heterocycles. The lowest BCUT2D eigenvalue weighted by Gasteiger charge is -2.13. The summed E-state index contributed by atoms with van der Waals surface area (Å²) in [6.45, 7) is 0.413. The summed E-state index contributed by atoms with van der Waals surface area (Å²) in [6.07, 6.45) is -0.630. The van der Waals surface area contributed by atoms with Crippen molar-refractivity contribution in [1.29, 1.82) is 0 Å². The monoisotopic (exact) mass is 379 g/mol. The highest BCUT2D eigenvalue weighted by Gasteiger charge is 2.28. The summed E-state index contributed by atoms with van der Waals surface area (Å²) in [5, 5.41) is 10.4. The molecule has 0 amide bonds. The van der Waals surface area contributed by atoms with E-state index in [0.717, 1.165) is 14.7 Å². The first-order valence-electron chi connectivity index (χ1n) is 6.44. The summed E-state index contributed by atoms with van der Waals surface area (Å²) < 4.78 is 6.76. The van der Waals surface area contributed by atoms with Crippen LogP contribution in [0.15, 0.2) is 59.6 Å². The van der Waals surface area contributed by atoms with Crippen LogP contribution in [0.2, 0.25) is 0 Å². The van der Waals surface area contributed by atoms with E-state index in [-0.39, 0.29) is 6.04 Å². The maximum Gasteiger partial charge on any atom is 0.217 e. The zero-order valence-corrected chi connectivity index (χ0v) is 12.9. The van der Waals surface area contributed by atoms with Crippen molar-refractivity contribution in [3.63, 3.8) is 0 Å². The molecule has 0 bridgehead atoms. The highest BCUT2D eigenvalue weighted by Crippen LogP contribution is 2.25. The second-order valence-electron chi connectivity index (χ2n) is 4.65. The van der Waals surface area contributed by atoms with Crippen LogP contribution in [0.3, 0.4) is 0 Å². The maximum absolute atomic E-state index is 10.4. The average Bonchev–Trinajstić information content (AvgIpc) is 2.97. The average molecular weight is 379 g/mol. The van der Waals surface area contributed by atoms with Gasteiger partial charge in [0.1, 0.15) is 18.8 Å². The molecule has 102 valence electrons. The molecule has 1 heterocycles. The first-order chi connectivity index (χ1) is 9.75. The molecule has 4 heteroatoms. The summed E-state index contributed by atoms with van der Waals surface area (Å²) in [5.41, 5.74) is 1.85. The number of hydrogen-bond acceptors (Lipinski definition) is 3. The Morgan fingerprint density at radius 1 is 1.10 bits per heavy atom. The highest BCUT2D eigenvalue weighted by atomic mass is 127. The van der Waals surface area contributed by atoms with Crippen LogP contribution in [-0.2, 0) is 4.74 Å². The number of rotatable bonds is 3. The van der Waals surface area contributed by atoms with E-state index in [1.807, 2.05) is 54.6 Å². The van der Waals surface area contributed by atoms with Gasteiger partial charge in [0.2, 0.25) is 5.90 Å². The SMILES string of the molecule is O[C@H](c1ccccc1)[C@H]1COC(c2ccccc2I)=N1. The van der Waals surface area contributed by atoms with Gasteiger partial charge in [-0.05, 0) is 40.3 Å². The number of hydrogen-bond donors (Lipinski definition) is 1. The summed E-state index contributed by atoms with van der Waals surface area (Å²) >= 11 is 2.26. The van der Waals surface area contributed by atoms with Gasteiger partial charge in [-0.15, -0.1) is 0 Å². The van der Waals surface area contributed by atoms with Gasteiger partial charge in [-0.1, -0.05) is 42.5 Å². The molecule has 0 aromatic heterocycles. The number of aliphatic imine (C=N–C) groups is 1. The predicted molar refractivity (Wildman–Crippen MR) is 86.8 cm³/mol. The highest BCUT2D eigenvalue weighted by molar-refractivity contribution is 14.1. The van der Waals surface area contributed by atoms with Crippen molar-refractivity contribution in [3.05, 3.63) is 69.3 Å². The minimum atomic E-state index is -0.630. The lowest BCUT2D eigenvalue weighted by Crippen LogP contribution is -2.17. The fourth-order valence-corrected chi connectivity index (χ4v) is 2.82. The first kappa shape index (κ1) is 13.6. The van der Waals surface area contributed by atoms with E-state index in [1.54, 1.807) is 0 Å². The molecule has 0 fully saturated rings. The van der Waals surface area contributed by atoms with Crippen LogP contribution < -0.4 is 0 Å². The minimum absolute atomic E-state index is 0.247. The Labute approximate surface area is 131 Å². The Hall–Kier alpha value is -1.40. The van der Waals surface area contributed by atoms with Gasteiger partial charge in [0, 0.05) is 9.13 Å². The molecular weight excluding hydrogens is 365 g/mol. The fourth-order valence-electron chi connectivity index (χ4n) is 2.21. The molecule has 0 radical (unpaired) electrons. The van der Waals surface area contributed by atoms with Gasteiger partial charge in [-0.25, -0.2) is 4.99 Å². The molecule has 1 aliphatic heterocycles. The quantitative estimate of drug-likeness (QED) is 0.833. The van der Waals surface area contributed by atoms with Crippen molar-refractivity contribution in [2.24, 2.45) is 4.99 Å². The summed E-state index contributed by atoms with van der Waals surface area (Å²) in [4.78, 5) is 4.54. The lowest BCUT2D eigenvalue weighted by atomic mass is 10.0. The number of aliphatic hydroxyl groups excluding tert-OH is 1. The van der Waals surface area contributed by atoms with Crippen molar-refractivity contribution >= 4 is 28.5 Å². The Morgan fingerprint density at radius 3 is 2.55 bits per heavy atom. The topological polar surface area (TPSA) is 41.8 Å². The zero-order chi connectivity index (χ0) is 13.9. The Kier molecular flexibility index (Phi) is 4.03. The van der Waals surface area contributed by atoms with Crippen LogP contribution >= 0.6 is 22.6 Å². The van der Waals surface area contributed by atoms with Crippen LogP contribution in [0, 0.1) is 3.57 Å². The van der Waals surface area contributed by atoms with Crippen molar-refractivity contribution < 1.29 is 9.84 Å². The molecule has 20 heavy (non-hydrogen) atoms. The lowest BCUT2D eigenvalue weighted by molar-refractivity contribution is 0.130. The zero-order valence-electron chi connectivity index (χ0n) is 10.7. The van der Waals surface area contributed by atoms with E-state index in [0.29, 0.717) is 12.5 Å². The molecule has 0 aliphatic carbocycles. The third kappa shape index (κ3) is 2.71. The first-order valence-corrected chi connectivity index (χ1v) is 7.52. The molecule has 0 unspecified atom stereocenters. The number of nitrogens with zero attached hydrogens (tertiary/aromatic N) is 1. The molecule has 3 nitrogen and oxygen atoms in total. The van der Waals surface area contributed by atoms with E-state index in [9.17, 15) is 5.11 Å². The molecular formula is C16H14INO2. The molecule has 2 atom stereocenters. The summed E-state index contributed by atoms with van der Waals surface area (Å²) in [6, 6.07) is 17.3. The molecule has 2 aromatic rings. The van der Waals surface area contributed by atoms with Crippen molar-refractivity contribution in [1.82, 2.24) is 0 Å². The van der Waals surface area contributed by atoms with E-state index in [2.05, 4.69) is 27.6 Å². The van der Waals surface area contributed by atoms with Crippen molar-refractivity contribution in [2.45, 2.75) is 12.1 Å².